The topological polar surface area (TPSA) is 359 Å². The van der Waals surface area contributed by atoms with Crippen molar-refractivity contribution in [2.24, 2.45) is 0 Å². The van der Waals surface area contributed by atoms with Gasteiger partial charge in [-0.05, 0) is 42.0 Å². The molecule has 22 heteroatoms. The Labute approximate surface area is 343 Å². The van der Waals surface area contributed by atoms with Crippen LogP contribution in [-0.4, -0.2) is 154 Å². The molecule has 328 valence electrons. The number of aliphatic hydroxyl groups is 6. The Balaban J connectivity index is 1.26. The zero-order valence-electron chi connectivity index (χ0n) is 31.3. The third-order valence-electron chi connectivity index (χ3n) is 9.52. The van der Waals surface area contributed by atoms with Crippen LogP contribution in [0.25, 0.3) is 12.2 Å². The highest BCUT2D eigenvalue weighted by molar-refractivity contribution is 5.90. The lowest BCUT2D eigenvalue weighted by molar-refractivity contribution is -0.294. The van der Waals surface area contributed by atoms with Crippen molar-refractivity contribution in [3.8, 4) is 40.2 Å². The third-order valence-corrected chi connectivity index (χ3v) is 9.52. The minimum Gasteiger partial charge on any atom is -0.508 e. The molecular formula is C39H40O22. The minimum atomic E-state index is -1.98. The summed E-state index contributed by atoms with van der Waals surface area (Å²) in [6.45, 7) is -1.46. The molecule has 11 atom stereocenters. The molecule has 0 saturated carbocycles. The first-order chi connectivity index (χ1) is 28.9. The van der Waals surface area contributed by atoms with E-state index < -0.39 is 128 Å². The van der Waals surface area contributed by atoms with Gasteiger partial charge >= 0.3 is 17.9 Å². The summed E-state index contributed by atoms with van der Waals surface area (Å²) in [6.07, 6.45) is -17.3. The normalized spacial score (nSPS) is 28.5. The van der Waals surface area contributed by atoms with Crippen molar-refractivity contribution in [1.29, 1.82) is 0 Å². The Morgan fingerprint density at radius 1 is 0.656 bits per heavy atom. The molecule has 0 aliphatic carbocycles. The van der Waals surface area contributed by atoms with Crippen LogP contribution >= 0.6 is 0 Å². The Bertz CT molecular complexity index is 2170. The lowest BCUT2D eigenvalue weighted by Crippen LogP contribution is -2.60. The second-order valence-electron chi connectivity index (χ2n) is 13.9. The monoisotopic (exact) mass is 860 g/mol. The number of ether oxygens (including phenoxy) is 7. The van der Waals surface area contributed by atoms with Crippen molar-refractivity contribution in [3.05, 3.63) is 77.1 Å². The number of carbonyl (C=O) groups is 3. The van der Waals surface area contributed by atoms with Crippen molar-refractivity contribution in [2.75, 3.05) is 13.2 Å². The molecular weight excluding hydrogens is 820 g/mol. The summed E-state index contributed by atoms with van der Waals surface area (Å²) in [5, 5.41) is 123. The van der Waals surface area contributed by atoms with E-state index >= 15 is 0 Å². The number of carboxylic acid groups (broad SMARTS) is 1. The lowest BCUT2D eigenvalue weighted by Gasteiger charge is -2.41. The molecule has 3 aliphatic rings. The second kappa shape index (κ2) is 18.5. The fraction of sp³-hybridized carbons (Fsp3) is 0.359. The number of carbonyl (C=O) groups excluding carboxylic acids is 2. The molecule has 2 saturated heterocycles. The number of carboxylic acids is 1. The maximum atomic E-state index is 12.5. The molecule has 3 aliphatic heterocycles. The van der Waals surface area contributed by atoms with E-state index in [2.05, 4.69) is 0 Å². The first-order valence-electron chi connectivity index (χ1n) is 18.1. The summed E-state index contributed by atoms with van der Waals surface area (Å²) in [5.74, 6) is -6.82. The van der Waals surface area contributed by atoms with Gasteiger partial charge in [0.05, 0.1) is 5.56 Å². The van der Waals surface area contributed by atoms with E-state index in [1.807, 2.05) is 0 Å². The summed E-state index contributed by atoms with van der Waals surface area (Å²) in [4.78, 5) is 35.2. The number of phenols is 5. The van der Waals surface area contributed by atoms with E-state index in [-0.39, 0.29) is 34.1 Å². The molecule has 0 spiro atoms. The van der Waals surface area contributed by atoms with Crippen molar-refractivity contribution >= 4 is 30.1 Å². The predicted octanol–water partition coefficient (Wildman–Crippen LogP) is -1.03. The molecule has 12 N–H and O–H groups in total. The van der Waals surface area contributed by atoms with Gasteiger partial charge < -0.3 is 94.4 Å². The van der Waals surface area contributed by atoms with Crippen molar-refractivity contribution in [2.45, 2.75) is 73.9 Å². The second-order valence-corrected chi connectivity index (χ2v) is 13.9. The van der Waals surface area contributed by atoms with Crippen LogP contribution in [0.2, 0.25) is 0 Å². The molecule has 0 bridgehead atoms. The van der Waals surface area contributed by atoms with Gasteiger partial charge in [-0.25, -0.2) is 4.79 Å². The number of aliphatic hydroxyl groups excluding tert-OH is 6. The van der Waals surface area contributed by atoms with Gasteiger partial charge in [-0.3, -0.25) is 9.59 Å². The van der Waals surface area contributed by atoms with Gasteiger partial charge in [0, 0.05) is 23.8 Å². The molecule has 6 rings (SSSR count). The maximum absolute atomic E-state index is 12.5. The quantitative estimate of drug-likeness (QED) is 0.0423. The maximum Gasteiger partial charge on any atom is 0.330 e. The van der Waals surface area contributed by atoms with Crippen LogP contribution in [-0.2, 0) is 38.1 Å². The highest BCUT2D eigenvalue weighted by Gasteiger charge is 2.48. The highest BCUT2D eigenvalue weighted by atomic mass is 16.7. The van der Waals surface area contributed by atoms with Gasteiger partial charge in [-0.2, -0.15) is 0 Å². The average molecular weight is 861 g/mol. The molecule has 0 aromatic heterocycles. The first kappa shape index (κ1) is 44.2. The van der Waals surface area contributed by atoms with Gasteiger partial charge in [0.2, 0.25) is 12.6 Å². The molecule has 22 nitrogen and oxygen atoms in total. The SMILES string of the molecule is O=C(O)CC(=O)OC[C@H]1O[C@@H](Oc2cc(O)cc3c2C=C(O[C@@H]2O[C@H](COC(=O)/C=C/c4ccc(O)c(O)c4)[C@@H](O)[C@H](O)[C@@H]2O)C(c2ccc(O)c(O)c2)O3)[C@H](O)[C@@H](O)[C@@H]1O. The lowest BCUT2D eigenvalue weighted by atomic mass is 9.98. The van der Waals surface area contributed by atoms with E-state index in [1.54, 1.807) is 0 Å². The summed E-state index contributed by atoms with van der Waals surface area (Å²) < 4.78 is 39.3. The summed E-state index contributed by atoms with van der Waals surface area (Å²) in [6, 6.07) is 9.43. The average Bonchev–Trinajstić information content (AvgIpc) is 3.21. The number of benzene rings is 3. The Morgan fingerprint density at radius 3 is 1.85 bits per heavy atom. The molecule has 3 aromatic carbocycles. The summed E-state index contributed by atoms with van der Waals surface area (Å²) >= 11 is 0. The number of aliphatic carboxylic acids is 1. The van der Waals surface area contributed by atoms with Crippen LogP contribution in [0, 0.1) is 0 Å². The van der Waals surface area contributed by atoms with Crippen molar-refractivity contribution in [3.63, 3.8) is 0 Å². The number of rotatable bonds is 13. The highest BCUT2D eigenvalue weighted by Crippen LogP contribution is 2.46. The fourth-order valence-corrected chi connectivity index (χ4v) is 6.29. The number of esters is 2. The molecule has 2 fully saturated rings. The Kier molecular flexibility index (Phi) is 13.4. The van der Waals surface area contributed by atoms with Gasteiger partial charge in [-0.1, -0.05) is 12.1 Å². The molecule has 1 unspecified atom stereocenters. The number of fused-ring (bicyclic) bond motifs is 1. The van der Waals surface area contributed by atoms with E-state index in [1.165, 1.54) is 36.4 Å². The third kappa shape index (κ3) is 10.2. The number of aromatic hydroxyl groups is 5. The van der Waals surface area contributed by atoms with Crippen LogP contribution in [0.3, 0.4) is 0 Å². The molecule has 61 heavy (non-hydrogen) atoms. The smallest absolute Gasteiger partial charge is 0.330 e. The van der Waals surface area contributed by atoms with Gasteiger partial charge in [0.25, 0.3) is 0 Å². The fourth-order valence-electron chi connectivity index (χ4n) is 6.29. The Morgan fingerprint density at radius 2 is 1.25 bits per heavy atom. The minimum absolute atomic E-state index is 0.0713. The van der Waals surface area contributed by atoms with Crippen LogP contribution in [0.15, 0.2) is 60.4 Å². The van der Waals surface area contributed by atoms with E-state index in [0.29, 0.717) is 5.56 Å². The predicted molar refractivity (Wildman–Crippen MR) is 197 cm³/mol. The first-order valence-corrected chi connectivity index (χ1v) is 18.1. The zero-order valence-corrected chi connectivity index (χ0v) is 31.3. The largest absolute Gasteiger partial charge is 0.508 e. The van der Waals surface area contributed by atoms with Gasteiger partial charge in [0.1, 0.15) is 91.5 Å². The van der Waals surface area contributed by atoms with Crippen molar-refractivity contribution < 1.29 is 109 Å². The van der Waals surface area contributed by atoms with Gasteiger partial charge in [-0.15, -0.1) is 0 Å². The number of phenolic OH excluding ortho intramolecular Hbond substituents is 5. The standard InChI is InChI=1S/C39H40O22/c40-17-9-23-18(24(10-17)58-38-35(53)33(51)32(50)27(60-38)14-56-30(48)12-28(45)46)11-25(37(57-23)16-3-5-20(42)22(44)8-16)59-39-36(54)34(52)31(49)26(61-39)13-55-29(47)6-2-15-1-4-19(41)21(43)7-15/h1-11,26-27,31-44,49-54H,12-14H2,(H,45,46)/b6-2+/t26-,27-,31-,32-,33+,34+,35-,36+,37?,38-,39-/m1/s1. The van der Waals surface area contributed by atoms with E-state index in [4.69, 9.17) is 38.3 Å². The van der Waals surface area contributed by atoms with Crippen molar-refractivity contribution in [1.82, 2.24) is 0 Å². The molecule has 0 radical (unpaired) electrons. The molecule has 3 heterocycles. The molecule has 3 aromatic rings. The van der Waals surface area contributed by atoms with Crippen LogP contribution in [0.5, 0.6) is 40.2 Å². The van der Waals surface area contributed by atoms with E-state index in [0.717, 1.165) is 30.3 Å². The summed E-state index contributed by atoms with van der Waals surface area (Å²) in [7, 11) is 0. The van der Waals surface area contributed by atoms with Crippen LogP contribution in [0.4, 0.5) is 0 Å². The van der Waals surface area contributed by atoms with Crippen LogP contribution < -0.4 is 9.47 Å². The molecule has 0 amide bonds. The number of hydrogen-bond donors (Lipinski definition) is 12. The Hall–Kier alpha value is -6.37. The number of hydrogen-bond acceptors (Lipinski definition) is 21. The van der Waals surface area contributed by atoms with Crippen LogP contribution in [0.1, 0.15) is 29.2 Å². The van der Waals surface area contributed by atoms with Gasteiger partial charge in [0.15, 0.2) is 29.1 Å². The zero-order chi connectivity index (χ0) is 44.3. The van der Waals surface area contributed by atoms with E-state index in [9.17, 15) is 70.6 Å². The summed E-state index contributed by atoms with van der Waals surface area (Å²) in [5.41, 5.74) is 0.350.